The van der Waals surface area contributed by atoms with Gasteiger partial charge in [-0.05, 0) is 43.7 Å². The second kappa shape index (κ2) is 7.61. The predicted octanol–water partition coefficient (Wildman–Crippen LogP) is 2.25. The van der Waals surface area contributed by atoms with Gasteiger partial charge in [0.05, 0.1) is 0 Å². The highest BCUT2D eigenvalue weighted by atomic mass is 16.3. The van der Waals surface area contributed by atoms with Gasteiger partial charge in [0, 0.05) is 26.2 Å². The van der Waals surface area contributed by atoms with Crippen molar-refractivity contribution >= 4 is 0 Å². The van der Waals surface area contributed by atoms with E-state index in [0.717, 1.165) is 13.1 Å². The summed E-state index contributed by atoms with van der Waals surface area (Å²) >= 11 is 0. The van der Waals surface area contributed by atoms with E-state index in [0.29, 0.717) is 17.9 Å². The van der Waals surface area contributed by atoms with Crippen molar-refractivity contribution in [2.24, 2.45) is 11.3 Å². The molecule has 3 nitrogen and oxygen atoms in total. The highest BCUT2D eigenvalue weighted by Crippen LogP contribution is 2.36. The van der Waals surface area contributed by atoms with E-state index in [-0.39, 0.29) is 0 Å². The van der Waals surface area contributed by atoms with E-state index in [2.05, 4.69) is 17.1 Å². The molecule has 112 valence electrons. The van der Waals surface area contributed by atoms with Crippen LogP contribution in [0.2, 0.25) is 0 Å². The lowest BCUT2D eigenvalue weighted by Crippen LogP contribution is -2.43. The molecule has 1 saturated heterocycles. The van der Waals surface area contributed by atoms with Gasteiger partial charge in [-0.3, -0.25) is 0 Å². The van der Waals surface area contributed by atoms with Gasteiger partial charge in [-0.1, -0.05) is 32.6 Å². The molecule has 1 saturated carbocycles. The Hall–Kier alpha value is -0.120. The maximum atomic E-state index is 9.30. The number of hydrogen-bond donors (Lipinski definition) is 2. The number of aliphatic hydroxyl groups is 1. The van der Waals surface area contributed by atoms with Gasteiger partial charge in [0.1, 0.15) is 0 Å². The van der Waals surface area contributed by atoms with Gasteiger partial charge in [-0.25, -0.2) is 0 Å². The van der Waals surface area contributed by atoms with E-state index < -0.39 is 0 Å². The lowest BCUT2D eigenvalue weighted by Gasteiger charge is -2.37. The fraction of sp³-hybridized carbons (Fsp3) is 1.00. The van der Waals surface area contributed by atoms with Crippen LogP contribution in [0.5, 0.6) is 0 Å². The first-order valence-electron chi connectivity index (χ1n) is 8.32. The van der Waals surface area contributed by atoms with Crippen molar-refractivity contribution in [3.63, 3.8) is 0 Å². The van der Waals surface area contributed by atoms with E-state index in [1.54, 1.807) is 0 Å². The molecule has 1 aliphatic carbocycles. The van der Waals surface area contributed by atoms with Crippen LogP contribution in [0.4, 0.5) is 0 Å². The average Bonchev–Trinajstić information content (AvgIpc) is 2.75. The third-order valence-electron chi connectivity index (χ3n) is 5.10. The maximum absolute atomic E-state index is 9.30. The van der Waals surface area contributed by atoms with Crippen LogP contribution in [-0.4, -0.2) is 49.3 Å². The lowest BCUT2D eigenvalue weighted by molar-refractivity contribution is 0.137. The first kappa shape index (κ1) is 15.3. The first-order chi connectivity index (χ1) is 9.28. The van der Waals surface area contributed by atoms with Gasteiger partial charge in [0.15, 0.2) is 0 Å². The van der Waals surface area contributed by atoms with Crippen LogP contribution >= 0.6 is 0 Å². The summed E-state index contributed by atoms with van der Waals surface area (Å²) in [5.74, 6) is 0.530. The molecule has 0 aromatic rings. The normalized spacial score (nSPS) is 28.4. The average molecular weight is 268 g/mol. The molecule has 0 aromatic heterocycles. The zero-order valence-corrected chi connectivity index (χ0v) is 12.7. The van der Waals surface area contributed by atoms with Crippen LogP contribution in [-0.2, 0) is 0 Å². The Morgan fingerprint density at radius 3 is 2.53 bits per heavy atom. The molecule has 2 rings (SSSR count). The predicted molar refractivity (Wildman–Crippen MR) is 80.3 cm³/mol. The minimum atomic E-state index is 0.372. The Balaban J connectivity index is 1.92. The number of rotatable bonds is 6. The smallest absolute Gasteiger partial charge is 0.0471 e. The molecule has 1 atom stereocenters. The summed E-state index contributed by atoms with van der Waals surface area (Å²) in [5, 5.41) is 12.9. The molecule has 0 radical (unpaired) electrons. The molecule has 2 N–H and O–H groups in total. The molecule has 0 amide bonds. The van der Waals surface area contributed by atoms with Gasteiger partial charge in [-0.15, -0.1) is 0 Å². The fourth-order valence-electron chi connectivity index (χ4n) is 3.94. The molecule has 3 heteroatoms. The van der Waals surface area contributed by atoms with Crippen molar-refractivity contribution < 1.29 is 5.11 Å². The van der Waals surface area contributed by atoms with Crippen molar-refractivity contribution in [3.8, 4) is 0 Å². The Morgan fingerprint density at radius 1 is 1.21 bits per heavy atom. The maximum Gasteiger partial charge on any atom is 0.0471 e. The Morgan fingerprint density at radius 2 is 1.95 bits per heavy atom. The van der Waals surface area contributed by atoms with E-state index in [4.69, 9.17) is 0 Å². The molecular weight excluding hydrogens is 236 g/mol. The van der Waals surface area contributed by atoms with E-state index in [9.17, 15) is 5.11 Å². The fourth-order valence-corrected chi connectivity index (χ4v) is 3.94. The van der Waals surface area contributed by atoms with Crippen molar-refractivity contribution in [2.45, 2.75) is 51.9 Å². The monoisotopic (exact) mass is 268 g/mol. The zero-order chi connectivity index (χ0) is 13.6. The summed E-state index contributed by atoms with van der Waals surface area (Å²) in [6, 6.07) is 0. The highest BCUT2D eigenvalue weighted by molar-refractivity contribution is 4.89. The second-order valence-electron chi connectivity index (χ2n) is 6.77. The first-order valence-corrected chi connectivity index (χ1v) is 8.32. The number of hydrogen-bond acceptors (Lipinski definition) is 3. The molecular formula is C16H32N2O. The van der Waals surface area contributed by atoms with Gasteiger partial charge in [-0.2, -0.15) is 0 Å². The molecule has 1 heterocycles. The zero-order valence-electron chi connectivity index (χ0n) is 12.7. The largest absolute Gasteiger partial charge is 0.396 e. The third-order valence-corrected chi connectivity index (χ3v) is 5.10. The van der Waals surface area contributed by atoms with E-state index in [1.807, 2.05) is 0 Å². The summed E-state index contributed by atoms with van der Waals surface area (Å²) in [5.41, 5.74) is 0.497. The van der Waals surface area contributed by atoms with E-state index >= 15 is 0 Å². The van der Waals surface area contributed by atoms with E-state index in [1.165, 1.54) is 64.6 Å². The Bertz CT molecular complexity index is 249. The van der Waals surface area contributed by atoms with Gasteiger partial charge >= 0.3 is 0 Å². The molecule has 0 spiro atoms. The van der Waals surface area contributed by atoms with Crippen molar-refractivity contribution in [3.05, 3.63) is 0 Å². The minimum Gasteiger partial charge on any atom is -0.396 e. The molecule has 0 bridgehead atoms. The van der Waals surface area contributed by atoms with Crippen LogP contribution in [0.1, 0.15) is 51.9 Å². The third kappa shape index (κ3) is 4.44. The molecule has 2 fully saturated rings. The molecule has 19 heavy (non-hydrogen) atoms. The SMILES string of the molecule is CCNCC1(CN2CCC(CO)C2)CCCCCC1. The summed E-state index contributed by atoms with van der Waals surface area (Å²) in [6.45, 7) is 8.41. The highest BCUT2D eigenvalue weighted by Gasteiger charge is 2.34. The summed E-state index contributed by atoms with van der Waals surface area (Å²) in [6.07, 6.45) is 9.62. The lowest BCUT2D eigenvalue weighted by atomic mass is 9.79. The van der Waals surface area contributed by atoms with Crippen molar-refractivity contribution in [2.75, 3.05) is 39.3 Å². The van der Waals surface area contributed by atoms with Crippen LogP contribution in [0, 0.1) is 11.3 Å². The number of likely N-dealkylation sites (tertiary alicyclic amines) is 1. The standard InChI is InChI=1S/C16H32N2O/c1-2-17-13-16(8-5-3-4-6-9-16)14-18-10-7-15(11-18)12-19/h15,17,19H,2-14H2,1H3. The molecule has 1 unspecified atom stereocenters. The van der Waals surface area contributed by atoms with Crippen LogP contribution in [0.25, 0.3) is 0 Å². The van der Waals surface area contributed by atoms with Crippen LogP contribution in [0.15, 0.2) is 0 Å². The summed E-state index contributed by atoms with van der Waals surface area (Å²) in [7, 11) is 0. The number of aliphatic hydroxyl groups excluding tert-OH is 1. The van der Waals surface area contributed by atoms with Crippen molar-refractivity contribution in [1.82, 2.24) is 10.2 Å². The topological polar surface area (TPSA) is 35.5 Å². The van der Waals surface area contributed by atoms with Gasteiger partial charge in [0.2, 0.25) is 0 Å². The Labute approximate surface area is 118 Å². The minimum absolute atomic E-state index is 0.372. The van der Waals surface area contributed by atoms with Crippen molar-refractivity contribution in [1.29, 1.82) is 0 Å². The second-order valence-corrected chi connectivity index (χ2v) is 6.77. The quantitative estimate of drug-likeness (QED) is 0.725. The number of nitrogens with one attached hydrogen (secondary N) is 1. The Kier molecular flexibility index (Phi) is 6.11. The molecule has 1 aliphatic heterocycles. The summed E-state index contributed by atoms with van der Waals surface area (Å²) in [4.78, 5) is 2.61. The van der Waals surface area contributed by atoms with Crippen LogP contribution < -0.4 is 5.32 Å². The molecule has 0 aromatic carbocycles. The summed E-state index contributed by atoms with van der Waals surface area (Å²) < 4.78 is 0. The van der Waals surface area contributed by atoms with Gasteiger partial charge < -0.3 is 15.3 Å². The number of nitrogens with zero attached hydrogens (tertiary/aromatic N) is 1. The van der Waals surface area contributed by atoms with Crippen LogP contribution in [0.3, 0.4) is 0 Å². The van der Waals surface area contributed by atoms with Gasteiger partial charge in [0.25, 0.3) is 0 Å². The molecule has 2 aliphatic rings.